The predicted octanol–water partition coefficient (Wildman–Crippen LogP) is 4.71. The van der Waals surface area contributed by atoms with E-state index >= 15 is 0 Å². The van der Waals surface area contributed by atoms with Crippen molar-refractivity contribution in [3.8, 4) is 5.75 Å². The Labute approximate surface area is 126 Å². The van der Waals surface area contributed by atoms with Gasteiger partial charge in [-0.05, 0) is 37.6 Å². The topological polar surface area (TPSA) is 29.5 Å². The number of aryl methyl sites for hydroxylation is 1. The van der Waals surface area contributed by atoms with Gasteiger partial charge in [-0.3, -0.25) is 0 Å². The molecule has 0 saturated heterocycles. The molecule has 0 aliphatic rings. The summed E-state index contributed by atoms with van der Waals surface area (Å²) in [4.78, 5) is 2.57. The highest BCUT2D eigenvalue weighted by Gasteiger charge is 2.10. The summed E-state index contributed by atoms with van der Waals surface area (Å²) in [7, 11) is 0. The van der Waals surface area contributed by atoms with Crippen LogP contribution in [0, 0.1) is 0 Å². The Hall–Kier alpha value is -0.840. The Morgan fingerprint density at radius 1 is 1.26 bits per heavy atom. The van der Waals surface area contributed by atoms with Gasteiger partial charge in [0.05, 0.1) is 6.10 Å². The van der Waals surface area contributed by atoms with E-state index in [1.165, 1.54) is 9.75 Å². The normalized spacial score (nSPS) is 12.4. The van der Waals surface area contributed by atoms with E-state index in [4.69, 9.17) is 4.74 Å². The Balaban J connectivity index is 2.12. The molecule has 1 N–H and O–H groups in total. The highest BCUT2D eigenvalue weighted by Crippen LogP contribution is 2.30. The molecule has 0 bridgehead atoms. The van der Waals surface area contributed by atoms with E-state index in [9.17, 15) is 5.11 Å². The molecule has 2 rings (SSSR count). The van der Waals surface area contributed by atoms with Gasteiger partial charge in [0.1, 0.15) is 12.4 Å². The van der Waals surface area contributed by atoms with Crippen LogP contribution in [-0.4, -0.2) is 5.11 Å². The van der Waals surface area contributed by atoms with Crippen molar-refractivity contribution in [3.63, 3.8) is 0 Å². The maximum Gasteiger partial charge on any atom is 0.126 e. The van der Waals surface area contributed by atoms with Crippen LogP contribution in [0.5, 0.6) is 5.75 Å². The molecule has 1 atom stereocenters. The molecule has 1 aromatic carbocycles. The first-order valence-corrected chi connectivity index (χ1v) is 7.89. The molecule has 1 heterocycles. The number of rotatable bonds is 5. The number of halogens is 1. The predicted molar refractivity (Wildman–Crippen MR) is 82.8 cm³/mol. The van der Waals surface area contributed by atoms with Crippen molar-refractivity contribution in [3.05, 3.63) is 50.1 Å². The van der Waals surface area contributed by atoms with E-state index in [0.717, 1.165) is 22.2 Å². The molecule has 0 fully saturated rings. The summed E-state index contributed by atoms with van der Waals surface area (Å²) in [6.07, 6.45) is 0.526. The van der Waals surface area contributed by atoms with Crippen molar-refractivity contribution in [2.75, 3.05) is 0 Å². The first-order chi connectivity index (χ1) is 9.10. The third kappa shape index (κ3) is 3.81. The third-order valence-electron chi connectivity index (χ3n) is 2.86. The standard InChI is InChI=1S/C15H17BrO2S/c1-3-12-5-6-13(19-12)9-18-15-8-11(16)4-7-14(15)10(2)17/h4-8,10,17H,3,9H2,1-2H3/t10-/m0/s1. The van der Waals surface area contributed by atoms with E-state index in [1.807, 2.05) is 18.2 Å². The molecule has 0 radical (unpaired) electrons. The molecule has 0 amide bonds. The minimum atomic E-state index is -0.530. The molecule has 19 heavy (non-hydrogen) atoms. The number of thiophene rings is 1. The zero-order valence-corrected chi connectivity index (χ0v) is 13.4. The molecular formula is C15H17BrO2S. The minimum absolute atomic E-state index is 0.530. The quantitative estimate of drug-likeness (QED) is 0.854. The van der Waals surface area contributed by atoms with Gasteiger partial charge in [-0.1, -0.05) is 28.9 Å². The first-order valence-electron chi connectivity index (χ1n) is 6.28. The molecular weight excluding hydrogens is 324 g/mol. The van der Waals surface area contributed by atoms with E-state index in [0.29, 0.717) is 6.61 Å². The summed E-state index contributed by atoms with van der Waals surface area (Å²) in [5, 5.41) is 9.74. The largest absolute Gasteiger partial charge is 0.488 e. The Bertz CT molecular complexity index is 549. The monoisotopic (exact) mass is 340 g/mol. The lowest BCUT2D eigenvalue weighted by Gasteiger charge is -2.13. The lowest BCUT2D eigenvalue weighted by atomic mass is 10.1. The van der Waals surface area contributed by atoms with Gasteiger partial charge >= 0.3 is 0 Å². The van der Waals surface area contributed by atoms with Gasteiger partial charge in [0, 0.05) is 19.8 Å². The summed E-state index contributed by atoms with van der Waals surface area (Å²) in [5.74, 6) is 0.732. The number of hydrogen-bond donors (Lipinski definition) is 1. The first kappa shape index (κ1) is 14.6. The summed E-state index contributed by atoms with van der Waals surface area (Å²) in [6, 6.07) is 9.94. The summed E-state index contributed by atoms with van der Waals surface area (Å²) < 4.78 is 6.79. The summed E-state index contributed by atoms with van der Waals surface area (Å²) in [6.45, 7) is 4.44. The van der Waals surface area contributed by atoms with Crippen LogP contribution < -0.4 is 4.74 Å². The molecule has 0 aliphatic heterocycles. The van der Waals surface area contributed by atoms with E-state index in [2.05, 4.69) is 35.0 Å². The second kappa shape index (κ2) is 6.55. The molecule has 2 aromatic rings. The number of aliphatic hydroxyl groups is 1. The zero-order chi connectivity index (χ0) is 13.8. The van der Waals surface area contributed by atoms with Crippen molar-refractivity contribution < 1.29 is 9.84 Å². The molecule has 0 spiro atoms. The van der Waals surface area contributed by atoms with E-state index in [1.54, 1.807) is 18.3 Å². The highest BCUT2D eigenvalue weighted by molar-refractivity contribution is 9.10. The molecule has 102 valence electrons. The van der Waals surface area contributed by atoms with Crippen LogP contribution in [0.1, 0.15) is 35.3 Å². The average molecular weight is 341 g/mol. The molecule has 4 heteroatoms. The number of aliphatic hydroxyl groups excluding tert-OH is 1. The Morgan fingerprint density at radius 2 is 2.00 bits per heavy atom. The number of hydrogen-bond acceptors (Lipinski definition) is 3. The maximum absolute atomic E-state index is 9.74. The van der Waals surface area contributed by atoms with Gasteiger partial charge < -0.3 is 9.84 Å². The van der Waals surface area contributed by atoms with Gasteiger partial charge in [0.15, 0.2) is 0 Å². The molecule has 0 saturated carbocycles. The van der Waals surface area contributed by atoms with Crippen molar-refractivity contribution in [2.24, 2.45) is 0 Å². The molecule has 2 nitrogen and oxygen atoms in total. The van der Waals surface area contributed by atoms with Crippen LogP contribution in [-0.2, 0) is 13.0 Å². The Kier molecular flexibility index (Phi) is 5.02. The fourth-order valence-corrected chi connectivity index (χ4v) is 3.03. The van der Waals surface area contributed by atoms with Crippen LogP contribution >= 0.6 is 27.3 Å². The molecule has 0 aliphatic carbocycles. The summed E-state index contributed by atoms with van der Waals surface area (Å²) >= 11 is 5.20. The molecule has 1 aromatic heterocycles. The van der Waals surface area contributed by atoms with E-state index in [-0.39, 0.29) is 0 Å². The van der Waals surface area contributed by atoms with Gasteiger partial charge in [-0.2, -0.15) is 0 Å². The van der Waals surface area contributed by atoms with Crippen molar-refractivity contribution in [1.82, 2.24) is 0 Å². The highest BCUT2D eigenvalue weighted by atomic mass is 79.9. The smallest absolute Gasteiger partial charge is 0.126 e. The zero-order valence-electron chi connectivity index (χ0n) is 11.0. The van der Waals surface area contributed by atoms with Crippen LogP contribution in [0.15, 0.2) is 34.8 Å². The van der Waals surface area contributed by atoms with Crippen molar-refractivity contribution >= 4 is 27.3 Å². The number of ether oxygens (including phenoxy) is 1. The van der Waals surface area contributed by atoms with Crippen molar-refractivity contribution in [2.45, 2.75) is 33.0 Å². The molecule has 0 unspecified atom stereocenters. The van der Waals surface area contributed by atoms with Gasteiger partial charge in [-0.15, -0.1) is 11.3 Å². The second-order valence-corrected chi connectivity index (χ2v) is 6.54. The second-order valence-electron chi connectivity index (χ2n) is 4.37. The van der Waals surface area contributed by atoms with Crippen LogP contribution in [0.3, 0.4) is 0 Å². The third-order valence-corrected chi connectivity index (χ3v) is 4.56. The minimum Gasteiger partial charge on any atom is -0.488 e. The summed E-state index contributed by atoms with van der Waals surface area (Å²) in [5.41, 5.74) is 0.815. The van der Waals surface area contributed by atoms with E-state index < -0.39 is 6.10 Å². The number of benzene rings is 1. The fraction of sp³-hybridized carbons (Fsp3) is 0.333. The lowest BCUT2D eigenvalue weighted by Crippen LogP contribution is -2.00. The van der Waals surface area contributed by atoms with Crippen LogP contribution in [0.2, 0.25) is 0 Å². The van der Waals surface area contributed by atoms with Gasteiger partial charge in [0.2, 0.25) is 0 Å². The van der Waals surface area contributed by atoms with Crippen LogP contribution in [0.25, 0.3) is 0 Å². The SMILES string of the molecule is CCc1ccc(COc2cc(Br)ccc2[C@H](C)O)s1. The van der Waals surface area contributed by atoms with Gasteiger partial charge in [-0.25, -0.2) is 0 Å². The Morgan fingerprint density at radius 3 is 2.63 bits per heavy atom. The maximum atomic E-state index is 9.74. The fourth-order valence-electron chi connectivity index (χ4n) is 1.82. The van der Waals surface area contributed by atoms with Gasteiger partial charge in [0.25, 0.3) is 0 Å². The van der Waals surface area contributed by atoms with Crippen LogP contribution in [0.4, 0.5) is 0 Å². The van der Waals surface area contributed by atoms with Crippen molar-refractivity contribution in [1.29, 1.82) is 0 Å². The average Bonchev–Trinajstić information content (AvgIpc) is 2.84. The lowest BCUT2D eigenvalue weighted by molar-refractivity contribution is 0.190.